The normalized spacial score (nSPS) is 13.3. The molecule has 0 aliphatic heterocycles. The van der Waals surface area contributed by atoms with Gasteiger partial charge < -0.3 is 27.2 Å². The second kappa shape index (κ2) is 14.4. The summed E-state index contributed by atoms with van der Waals surface area (Å²) in [6.45, 7) is 17.7. The highest BCUT2D eigenvalue weighted by Crippen LogP contribution is 2.26. The highest BCUT2D eigenvalue weighted by molar-refractivity contribution is 6.87. The van der Waals surface area contributed by atoms with E-state index < -0.39 is 25.2 Å². The van der Waals surface area contributed by atoms with Gasteiger partial charge in [-0.05, 0) is 64.2 Å². The van der Waals surface area contributed by atoms with Gasteiger partial charge >= 0.3 is 8.56 Å². The van der Waals surface area contributed by atoms with Crippen molar-refractivity contribution in [1.82, 2.24) is 0 Å². The van der Waals surface area contributed by atoms with Gasteiger partial charge in [0, 0.05) is 27.4 Å². The summed E-state index contributed by atoms with van der Waals surface area (Å²) >= 11 is 0. The van der Waals surface area contributed by atoms with Crippen molar-refractivity contribution in [3.05, 3.63) is 0 Å². The number of rotatable bonds is 18. The quantitative estimate of drug-likeness (QED) is 0.235. The molecular formula is C18H44O6Si3. The SMILES string of the molecule is COCCOCCC[Si](C)(C)O[Si](C)(C)O[Si](C)(C)CCCOCCOC. The third kappa shape index (κ3) is 17.0. The lowest BCUT2D eigenvalue weighted by Gasteiger charge is -2.38. The molecule has 0 aromatic rings. The van der Waals surface area contributed by atoms with Gasteiger partial charge in [-0.15, -0.1) is 0 Å². The molecule has 0 N–H and O–H groups in total. The lowest BCUT2D eigenvalue weighted by Crippen LogP contribution is -2.52. The summed E-state index contributed by atoms with van der Waals surface area (Å²) in [5.41, 5.74) is 0. The zero-order valence-corrected chi connectivity index (χ0v) is 22.0. The molecule has 0 saturated carbocycles. The fourth-order valence-corrected chi connectivity index (χ4v) is 17.1. The van der Waals surface area contributed by atoms with Gasteiger partial charge in [0.2, 0.25) is 0 Å². The Kier molecular flexibility index (Phi) is 14.6. The molecular weight excluding hydrogens is 396 g/mol. The van der Waals surface area contributed by atoms with Gasteiger partial charge in [0.15, 0.2) is 16.6 Å². The summed E-state index contributed by atoms with van der Waals surface area (Å²) in [6.07, 6.45) is 2.07. The molecule has 0 rings (SSSR count). The summed E-state index contributed by atoms with van der Waals surface area (Å²) in [5.74, 6) is 0. The van der Waals surface area contributed by atoms with Crippen LogP contribution in [0.2, 0.25) is 51.4 Å². The molecule has 0 unspecified atom stereocenters. The predicted molar refractivity (Wildman–Crippen MR) is 119 cm³/mol. The first-order chi connectivity index (χ1) is 12.5. The van der Waals surface area contributed by atoms with E-state index >= 15 is 0 Å². The largest absolute Gasteiger partial charge is 0.437 e. The first-order valence-corrected chi connectivity index (χ1v) is 19.1. The van der Waals surface area contributed by atoms with Crippen molar-refractivity contribution in [1.29, 1.82) is 0 Å². The number of methoxy groups -OCH3 is 2. The van der Waals surface area contributed by atoms with Crippen LogP contribution in [-0.4, -0.2) is 79.1 Å². The van der Waals surface area contributed by atoms with Crippen LogP contribution in [0.1, 0.15) is 12.8 Å². The monoisotopic (exact) mass is 440 g/mol. The molecule has 0 aliphatic carbocycles. The van der Waals surface area contributed by atoms with Gasteiger partial charge in [-0.3, -0.25) is 0 Å². The summed E-state index contributed by atoms with van der Waals surface area (Å²) in [4.78, 5) is 0. The fourth-order valence-electron chi connectivity index (χ4n) is 3.14. The zero-order chi connectivity index (χ0) is 20.8. The van der Waals surface area contributed by atoms with Crippen molar-refractivity contribution in [2.24, 2.45) is 0 Å². The molecule has 0 aliphatic rings. The molecule has 27 heavy (non-hydrogen) atoms. The molecule has 0 radical (unpaired) electrons. The van der Waals surface area contributed by atoms with Crippen LogP contribution in [0.25, 0.3) is 0 Å². The van der Waals surface area contributed by atoms with Crippen LogP contribution >= 0.6 is 0 Å². The smallest absolute Gasteiger partial charge is 0.311 e. The average molecular weight is 441 g/mol. The molecule has 0 amide bonds. The molecule has 0 atom stereocenters. The Morgan fingerprint density at radius 3 is 1.22 bits per heavy atom. The van der Waals surface area contributed by atoms with E-state index in [4.69, 9.17) is 27.2 Å². The van der Waals surface area contributed by atoms with Crippen LogP contribution in [0.4, 0.5) is 0 Å². The average Bonchev–Trinajstić information content (AvgIpc) is 2.51. The van der Waals surface area contributed by atoms with Gasteiger partial charge in [0.25, 0.3) is 0 Å². The van der Waals surface area contributed by atoms with Crippen LogP contribution in [0.15, 0.2) is 0 Å². The lowest BCUT2D eigenvalue weighted by molar-refractivity contribution is 0.0706. The molecule has 0 aromatic carbocycles. The third-order valence-electron chi connectivity index (χ3n) is 4.04. The van der Waals surface area contributed by atoms with E-state index in [1.807, 2.05) is 0 Å². The second-order valence-electron chi connectivity index (χ2n) is 8.54. The van der Waals surface area contributed by atoms with Crippen LogP contribution in [0, 0.1) is 0 Å². The van der Waals surface area contributed by atoms with Crippen molar-refractivity contribution in [2.45, 2.75) is 64.2 Å². The number of ether oxygens (including phenoxy) is 4. The topological polar surface area (TPSA) is 55.4 Å². The standard InChI is InChI=1S/C18H44O6Si3/c1-19-13-15-21-11-9-17-25(3,4)23-27(7,8)24-26(5,6)18-10-12-22-16-14-20-2/h9-18H2,1-8H3. The minimum absolute atomic E-state index is 0.655. The molecule has 0 spiro atoms. The van der Waals surface area contributed by atoms with Gasteiger partial charge in [0.1, 0.15) is 0 Å². The predicted octanol–water partition coefficient (Wildman–Crippen LogP) is 4.24. The van der Waals surface area contributed by atoms with E-state index in [2.05, 4.69) is 39.3 Å². The van der Waals surface area contributed by atoms with Crippen molar-refractivity contribution in [3.63, 3.8) is 0 Å². The summed E-state index contributed by atoms with van der Waals surface area (Å²) in [5, 5.41) is 0. The molecule has 0 bridgehead atoms. The molecule has 0 aromatic heterocycles. The Bertz CT molecular complexity index is 335. The van der Waals surface area contributed by atoms with Crippen molar-refractivity contribution >= 4 is 25.2 Å². The Labute approximate surface area is 170 Å². The zero-order valence-electron chi connectivity index (χ0n) is 19.0. The molecule has 0 fully saturated rings. The van der Waals surface area contributed by atoms with E-state index in [0.717, 1.165) is 38.1 Å². The van der Waals surface area contributed by atoms with Crippen LogP contribution < -0.4 is 0 Å². The molecule has 0 heterocycles. The highest BCUT2D eigenvalue weighted by atomic mass is 28.5. The lowest BCUT2D eigenvalue weighted by atomic mass is 10.5. The van der Waals surface area contributed by atoms with Gasteiger partial charge in [-0.1, -0.05) is 0 Å². The number of hydrogen-bond donors (Lipinski definition) is 0. The first kappa shape index (κ1) is 27.4. The maximum Gasteiger partial charge on any atom is 0.311 e. The van der Waals surface area contributed by atoms with E-state index in [9.17, 15) is 0 Å². The van der Waals surface area contributed by atoms with Gasteiger partial charge in [-0.2, -0.15) is 0 Å². The molecule has 9 heteroatoms. The van der Waals surface area contributed by atoms with Crippen LogP contribution in [0.5, 0.6) is 0 Å². The summed E-state index contributed by atoms with van der Waals surface area (Å²) in [6, 6.07) is 2.18. The minimum atomic E-state index is -2.13. The van der Waals surface area contributed by atoms with E-state index in [1.165, 1.54) is 0 Å². The van der Waals surface area contributed by atoms with Gasteiger partial charge in [0.05, 0.1) is 26.4 Å². The Morgan fingerprint density at radius 1 is 0.519 bits per heavy atom. The third-order valence-corrected chi connectivity index (χ3v) is 15.5. The van der Waals surface area contributed by atoms with Crippen molar-refractivity contribution in [3.8, 4) is 0 Å². The molecule has 164 valence electrons. The summed E-state index contributed by atoms with van der Waals surface area (Å²) < 4.78 is 34.3. The molecule has 6 nitrogen and oxygen atoms in total. The Hall–Kier alpha value is 0.411. The van der Waals surface area contributed by atoms with Gasteiger partial charge in [-0.25, -0.2) is 0 Å². The van der Waals surface area contributed by atoms with Crippen molar-refractivity contribution < 1.29 is 27.2 Å². The molecule has 0 saturated heterocycles. The number of hydrogen-bond acceptors (Lipinski definition) is 6. The maximum absolute atomic E-state index is 6.61. The van der Waals surface area contributed by atoms with Crippen LogP contribution in [-0.2, 0) is 27.2 Å². The Balaban J connectivity index is 4.17. The van der Waals surface area contributed by atoms with Crippen molar-refractivity contribution in [2.75, 3.05) is 53.9 Å². The minimum Gasteiger partial charge on any atom is -0.437 e. The maximum atomic E-state index is 6.61. The van der Waals surface area contributed by atoms with Crippen LogP contribution in [0.3, 0.4) is 0 Å². The summed E-state index contributed by atoms with van der Waals surface area (Å²) in [7, 11) is -2.25. The van der Waals surface area contributed by atoms with E-state index in [1.54, 1.807) is 14.2 Å². The Morgan fingerprint density at radius 2 is 0.889 bits per heavy atom. The fraction of sp³-hybridized carbons (Fsp3) is 1.00. The first-order valence-electron chi connectivity index (χ1n) is 10.1. The van der Waals surface area contributed by atoms with E-state index in [0.29, 0.717) is 26.4 Å². The van der Waals surface area contributed by atoms with E-state index in [-0.39, 0.29) is 0 Å². The highest BCUT2D eigenvalue weighted by Gasteiger charge is 2.39. The second-order valence-corrected chi connectivity index (χ2v) is 21.0.